The van der Waals surface area contributed by atoms with Crippen molar-refractivity contribution in [3.05, 3.63) is 59.2 Å². The summed E-state index contributed by atoms with van der Waals surface area (Å²) in [6.07, 6.45) is 5.44. The highest BCUT2D eigenvalue weighted by molar-refractivity contribution is 6.39. The quantitative estimate of drug-likeness (QED) is 0.591. The largest absolute Gasteiger partial charge is 0.493 e. The minimum atomic E-state index is -0.119. The van der Waals surface area contributed by atoms with Gasteiger partial charge in [0, 0.05) is 31.7 Å². The van der Waals surface area contributed by atoms with Gasteiger partial charge in [-0.1, -0.05) is 44.2 Å². The summed E-state index contributed by atoms with van der Waals surface area (Å²) in [5.41, 5.74) is 4.89. The third-order valence-corrected chi connectivity index (χ3v) is 9.75. The second-order valence-electron chi connectivity index (χ2n) is 12.4. The van der Waals surface area contributed by atoms with E-state index in [1.807, 2.05) is 6.07 Å². The van der Waals surface area contributed by atoms with E-state index in [1.165, 1.54) is 55.5 Å². The topological polar surface area (TPSA) is 37.0 Å². The van der Waals surface area contributed by atoms with Crippen molar-refractivity contribution < 1.29 is 9.47 Å². The smallest absolute Gasteiger partial charge is 0.161 e. The maximum Gasteiger partial charge on any atom is 0.161 e. The summed E-state index contributed by atoms with van der Waals surface area (Å²) in [5, 5.41) is 3.45. The van der Waals surface area contributed by atoms with Gasteiger partial charge in [0.15, 0.2) is 11.5 Å². The van der Waals surface area contributed by atoms with Crippen LogP contribution < -0.4 is 14.8 Å². The Morgan fingerprint density at radius 2 is 1.68 bits per heavy atom. The third kappa shape index (κ3) is 5.07. The Kier molecular flexibility index (Phi) is 7.68. The molecule has 1 atom stereocenters. The number of rotatable bonds is 7. The van der Waals surface area contributed by atoms with Gasteiger partial charge in [0.05, 0.1) is 14.2 Å². The fourth-order valence-electron chi connectivity index (χ4n) is 7.30. The molecule has 7 heteroatoms. The van der Waals surface area contributed by atoms with Crippen molar-refractivity contribution in [1.82, 2.24) is 15.1 Å². The molecule has 2 heterocycles. The lowest BCUT2D eigenvalue weighted by molar-refractivity contribution is -0.0683. The van der Waals surface area contributed by atoms with Crippen LogP contribution in [0.5, 0.6) is 11.5 Å². The van der Waals surface area contributed by atoms with Crippen LogP contribution in [0.3, 0.4) is 0 Å². The van der Waals surface area contributed by atoms with Crippen LogP contribution >= 0.6 is 0 Å². The van der Waals surface area contributed by atoms with E-state index in [0.29, 0.717) is 23.4 Å². The van der Waals surface area contributed by atoms with Gasteiger partial charge in [0.1, 0.15) is 15.7 Å². The average molecular weight is 501 g/mol. The molecule has 3 aliphatic rings. The molecule has 1 saturated carbocycles. The van der Waals surface area contributed by atoms with E-state index < -0.39 is 0 Å². The molecule has 2 aromatic carbocycles. The van der Waals surface area contributed by atoms with Crippen LogP contribution in [0.4, 0.5) is 0 Å². The summed E-state index contributed by atoms with van der Waals surface area (Å²) in [6.45, 7) is 10.3. The highest BCUT2D eigenvalue weighted by Gasteiger charge is 2.49. The molecule has 2 aliphatic heterocycles. The minimum Gasteiger partial charge on any atom is -0.493 e. The Morgan fingerprint density at radius 3 is 2.35 bits per heavy atom. The molecule has 1 aliphatic carbocycles. The van der Waals surface area contributed by atoms with E-state index in [0.717, 1.165) is 31.1 Å². The van der Waals surface area contributed by atoms with Crippen LogP contribution in [0.15, 0.2) is 42.5 Å². The van der Waals surface area contributed by atoms with E-state index in [4.69, 9.17) is 9.47 Å². The first-order valence-corrected chi connectivity index (χ1v) is 14.3. The summed E-state index contributed by atoms with van der Waals surface area (Å²) in [7, 11) is 8.15. The molecular formula is C30H45B2N3O2. The van der Waals surface area contributed by atoms with Crippen molar-refractivity contribution in [2.24, 2.45) is 5.41 Å². The molecule has 5 nitrogen and oxygen atoms in total. The molecule has 1 spiro atoms. The van der Waals surface area contributed by atoms with Crippen LogP contribution in [0.25, 0.3) is 0 Å². The lowest BCUT2D eigenvalue weighted by Crippen LogP contribution is -2.62. The number of ether oxygens (including phenoxy) is 2. The molecule has 198 valence electrons. The first kappa shape index (κ1) is 26.6. The van der Waals surface area contributed by atoms with Crippen molar-refractivity contribution in [1.29, 1.82) is 0 Å². The molecule has 37 heavy (non-hydrogen) atoms. The van der Waals surface area contributed by atoms with Crippen LogP contribution in [-0.4, -0.2) is 78.5 Å². The molecule has 0 bridgehead atoms. The van der Waals surface area contributed by atoms with E-state index >= 15 is 0 Å². The van der Waals surface area contributed by atoms with Gasteiger partial charge in [0.25, 0.3) is 0 Å². The van der Waals surface area contributed by atoms with Crippen molar-refractivity contribution in [3.63, 3.8) is 0 Å². The van der Waals surface area contributed by atoms with Gasteiger partial charge in [-0.15, -0.1) is 0 Å². The Balaban J connectivity index is 1.44. The molecule has 5 rings (SSSR count). The summed E-state index contributed by atoms with van der Waals surface area (Å²) in [4.78, 5) is 5.58. The minimum absolute atomic E-state index is 0.119. The number of nitrogens with one attached hydrogen (secondary N) is 1. The number of methoxy groups -OCH3 is 2. The zero-order valence-corrected chi connectivity index (χ0v) is 23.8. The Hall–Kier alpha value is -1.95. The fraction of sp³-hybridized carbons (Fsp3) is 0.600. The van der Waals surface area contributed by atoms with Gasteiger partial charge < -0.3 is 19.7 Å². The Bertz CT molecular complexity index is 1080. The van der Waals surface area contributed by atoms with Gasteiger partial charge in [-0.3, -0.25) is 4.90 Å². The van der Waals surface area contributed by atoms with Gasteiger partial charge in [-0.25, -0.2) is 0 Å². The van der Waals surface area contributed by atoms with Crippen molar-refractivity contribution in [3.8, 4) is 11.5 Å². The Labute approximate surface area is 226 Å². The molecule has 3 fully saturated rings. The van der Waals surface area contributed by atoms with Gasteiger partial charge in [0.2, 0.25) is 0 Å². The number of piperidine rings is 1. The fourth-order valence-corrected chi connectivity index (χ4v) is 7.30. The van der Waals surface area contributed by atoms with Crippen LogP contribution in [0.1, 0.15) is 68.2 Å². The number of benzene rings is 2. The van der Waals surface area contributed by atoms with Crippen molar-refractivity contribution in [2.45, 2.75) is 62.9 Å². The molecule has 0 amide bonds. The van der Waals surface area contributed by atoms with Gasteiger partial charge in [-0.05, 0) is 84.3 Å². The summed E-state index contributed by atoms with van der Waals surface area (Å²) >= 11 is 0. The summed E-state index contributed by atoms with van der Waals surface area (Å²) in [6, 6.07) is 16.7. The molecule has 2 saturated heterocycles. The molecule has 0 radical (unpaired) electrons. The molecule has 1 N–H and O–H groups in total. The lowest BCUT2D eigenvalue weighted by atomic mass is 9.56. The summed E-state index contributed by atoms with van der Waals surface area (Å²) < 4.78 is 11.2. The maximum absolute atomic E-state index is 5.66. The highest BCUT2D eigenvalue weighted by Crippen LogP contribution is 2.52. The monoisotopic (exact) mass is 501 g/mol. The van der Waals surface area contributed by atoms with Crippen molar-refractivity contribution >= 4 is 15.7 Å². The number of piperazine rings is 1. The van der Waals surface area contributed by atoms with Gasteiger partial charge in [-0.2, -0.15) is 0 Å². The molecule has 2 aromatic rings. The second-order valence-corrected chi connectivity index (χ2v) is 12.4. The van der Waals surface area contributed by atoms with Crippen molar-refractivity contribution in [2.75, 3.05) is 46.9 Å². The second kappa shape index (κ2) is 10.7. The molecular weight excluding hydrogens is 456 g/mol. The molecule has 0 aromatic heterocycles. The number of nitrogens with zero attached hydrogens (tertiary/aromatic N) is 2. The first-order chi connectivity index (χ1) is 17.8. The first-order valence-electron chi connectivity index (χ1n) is 14.3. The maximum atomic E-state index is 5.66. The number of hydrogen-bond donors (Lipinski definition) is 1. The highest BCUT2D eigenvalue weighted by atomic mass is 16.5. The zero-order chi connectivity index (χ0) is 26.2. The van der Waals surface area contributed by atoms with Crippen LogP contribution in [0, 0.1) is 5.41 Å². The SMILES string of the molecule is BC(B)(c1ccc(OC)c(OC)c1)N1CCN(C2CC3(CCNCC3)C2)C(c2ccccc2C(C)C)C1. The molecule has 1 unspecified atom stereocenters. The third-order valence-electron chi connectivity index (χ3n) is 9.75. The van der Waals surface area contributed by atoms with E-state index in [1.54, 1.807) is 14.2 Å². The standard InChI is InChI=1S/C30H45B2N3O2/c1-21(2)24-7-5-6-8-25(24)26-20-34(30(31,32)22-9-10-27(36-3)28(17-22)37-4)15-16-35(26)23-18-29(19-23)11-13-33-14-12-29/h5-10,17,21,23,26,33H,11-16,18-20,31-32H2,1-4H3. The van der Waals surface area contributed by atoms with Gasteiger partial charge >= 0.3 is 0 Å². The van der Waals surface area contributed by atoms with E-state index in [9.17, 15) is 0 Å². The van der Waals surface area contributed by atoms with Crippen LogP contribution in [0.2, 0.25) is 0 Å². The normalized spacial score (nSPS) is 23.2. The Morgan fingerprint density at radius 1 is 0.973 bits per heavy atom. The number of hydrogen-bond acceptors (Lipinski definition) is 5. The van der Waals surface area contributed by atoms with E-state index in [2.05, 4.69) is 81.1 Å². The zero-order valence-electron chi connectivity index (χ0n) is 23.8. The lowest BCUT2D eigenvalue weighted by Gasteiger charge is -2.58. The van der Waals surface area contributed by atoms with E-state index in [-0.39, 0.29) is 5.34 Å². The predicted molar refractivity (Wildman–Crippen MR) is 157 cm³/mol. The van der Waals surface area contributed by atoms with Crippen LogP contribution in [-0.2, 0) is 5.34 Å². The predicted octanol–water partition coefficient (Wildman–Crippen LogP) is 3.09. The summed E-state index contributed by atoms with van der Waals surface area (Å²) in [5.74, 6) is 2.10. The average Bonchev–Trinajstić information content (AvgIpc) is 2.91.